The van der Waals surface area contributed by atoms with Crippen molar-refractivity contribution in [3.8, 4) is 0 Å². The second-order valence-electron chi connectivity index (χ2n) is 3.37. The smallest absolute Gasteiger partial charge is 0.137 e. The second-order valence-corrected chi connectivity index (χ2v) is 4.82. The Bertz CT molecular complexity index is 319. The molecule has 1 unspecified atom stereocenters. The summed E-state index contributed by atoms with van der Waals surface area (Å²) in [5, 5.41) is 12.0. The summed E-state index contributed by atoms with van der Waals surface area (Å²) in [6.45, 7) is 2.57. The molecule has 0 aliphatic rings. The van der Waals surface area contributed by atoms with Crippen molar-refractivity contribution < 1.29 is 9.50 Å². The molecule has 1 atom stereocenters. The molecule has 0 aliphatic carbocycles. The van der Waals surface area contributed by atoms with Crippen molar-refractivity contribution in [2.75, 3.05) is 13.7 Å². The van der Waals surface area contributed by atoms with E-state index in [0.717, 1.165) is 5.56 Å². The van der Waals surface area contributed by atoms with Gasteiger partial charge in [0.25, 0.3) is 0 Å². The number of benzene rings is 1. The van der Waals surface area contributed by atoms with Gasteiger partial charge in [0.2, 0.25) is 0 Å². The van der Waals surface area contributed by atoms with Crippen LogP contribution in [0.25, 0.3) is 0 Å². The Labute approximate surface area is 93.9 Å². The van der Waals surface area contributed by atoms with Crippen LogP contribution in [0.2, 0.25) is 0 Å². The van der Waals surface area contributed by atoms with Crippen LogP contribution in [0.5, 0.6) is 0 Å². The maximum absolute atomic E-state index is 13.5. The van der Waals surface area contributed by atoms with Crippen LogP contribution in [0.1, 0.15) is 12.5 Å². The first-order valence-electron chi connectivity index (χ1n) is 4.88. The van der Waals surface area contributed by atoms with Crippen LogP contribution in [-0.4, -0.2) is 24.0 Å². The predicted molar refractivity (Wildman–Crippen MR) is 61.6 cm³/mol. The van der Waals surface area contributed by atoms with E-state index < -0.39 is 0 Å². The highest BCUT2D eigenvalue weighted by Gasteiger charge is 2.11. The van der Waals surface area contributed by atoms with Gasteiger partial charge in [0.1, 0.15) is 5.82 Å². The molecular formula is C11H16FNOS. The number of thioether (sulfide) groups is 1. The monoisotopic (exact) mass is 229 g/mol. The van der Waals surface area contributed by atoms with E-state index in [0.29, 0.717) is 11.4 Å². The lowest BCUT2D eigenvalue weighted by Crippen LogP contribution is -2.09. The van der Waals surface area contributed by atoms with E-state index in [2.05, 4.69) is 5.32 Å². The molecule has 0 saturated carbocycles. The molecule has 2 N–H and O–H groups in total. The number of aliphatic hydroxyl groups excluding tert-OH is 1. The van der Waals surface area contributed by atoms with Crippen LogP contribution in [0.15, 0.2) is 23.1 Å². The van der Waals surface area contributed by atoms with E-state index in [1.54, 1.807) is 6.07 Å². The van der Waals surface area contributed by atoms with Gasteiger partial charge in [-0.3, -0.25) is 0 Å². The van der Waals surface area contributed by atoms with Gasteiger partial charge in [0, 0.05) is 16.7 Å². The van der Waals surface area contributed by atoms with Crippen LogP contribution >= 0.6 is 11.8 Å². The van der Waals surface area contributed by atoms with E-state index in [-0.39, 0.29) is 17.7 Å². The summed E-state index contributed by atoms with van der Waals surface area (Å²) in [7, 11) is 1.83. The minimum Gasteiger partial charge on any atom is -0.395 e. The predicted octanol–water partition coefficient (Wildman–Crippen LogP) is 2.02. The lowest BCUT2D eigenvalue weighted by Gasteiger charge is -2.13. The summed E-state index contributed by atoms with van der Waals surface area (Å²) >= 11 is 1.37. The van der Waals surface area contributed by atoms with Gasteiger partial charge in [0.05, 0.1) is 6.61 Å². The lowest BCUT2D eigenvalue weighted by molar-refractivity contribution is 0.300. The van der Waals surface area contributed by atoms with Crippen LogP contribution in [-0.2, 0) is 6.54 Å². The topological polar surface area (TPSA) is 32.3 Å². The van der Waals surface area contributed by atoms with E-state index in [4.69, 9.17) is 5.11 Å². The fourth-order valence-electron chi connectivity index (χ4n) is 1.25. The number of nitrogens with one attached hydrogen (secondary N) is 1. The van der Waals surface area contributed by atoms with E-state index in [1.807, 2.05) is 20.0 Å². The first kappa shape index (κ1) is 12.5. The molecule has 1 rings (SSSR count). The zero-order valence-corrected chi connectivity index (χ0v) is 9.77. The molecular weight excluding hydrogens is 213 g/mol. The Morgan fingerprint density at radius 3 is 2.87 bits per heavy atom. The lowest BCUT2D eigenvalue weighted by atomic mass is 10.2. The molecule has 84 valence electrons. The Morgan fingerprint density at radius 2 is 2.27 bits per heavy atom. The molecule has 0 fully saturated rings. The molecule has 15 heavy (non-hydrogen) atoms. The summed E-state index contributed by atoms with van der Waals surface area (Å²) in [6.07, 6.45) is 0. The van der Waals surface area contributed by atoms with Crippen LogP contribution in [0.4, 0.5) is 4.39 Å². The number of aliphatic hydroxyl groups is 1. The fourth-order valence-corrected chi connectivity index (χ4v) is 2.20. The first-order valence-corrected chi connectivity index (χ1v) is 5.76. The summed E-state index contributed by atoms with van der Waals surface area (Å²) in [5.74, 6) is -0.215. The van der Waals surface area contributed by atoms with Crippen molar-refractivity contribution >= 4 is 11.8 Å². The van der Waals surface area contributed by atoms with Gasteiger partial charge >= 0.3 is 0 Å². The molecule has 2 nitrogen and oxygen atoms in total. The molecule has 1 aromatic rings. The molecule has 0 radical (unpaired) electrons. The molecule has 0 saturated heterocycles. The molecule has 1 aromatic carbocycles. The Morgan fingerprint density at radius 1 is 1.53 bits per heavy atom. The van der Waals surface area contributed by atoms with E-state index >= 15 is 0 Å². The Kier molecular flexibility index (Phi) is 5.08. The third kappa shape index (κ3) is 3.48. The Balaban J connectivity index is 2.91. The van der Waals surface area contributed by atoms with Crippen molar-refractivity contribution in [3.05, 3.63) is 29.6 Å². The van der Waals surface area contributed by atoms with Crippen molar-refractivity contribution in [1.82, 2.24) is 5.32 Å². The third-order valence-electron chi connectivity index (χ3n) is 1.99. The standard InChI is InChI=1S/C11H16FNOS/c1-8(7-14)15-11-9(6-13-2)4-3-5-10(11)12/h3-5,8,13-14H,6-7H2,1-2H3. The molecule has 4 heteroatoms. The van der Waals surface area contributed by atoms with E-state index in [1.165, 1.54) is 17.8 Å². The van der Waals surface area contributed by atoms with Crippen molar-refractivity contribution in [1.29, 1.82) is 0 Å². The summed E-state index contributed by atoms with van der Waals surface area (Å²) in [5.41, 5.74) is 0.933. The summed E-state index contributed by atoms with van der Waals surface area (Å²) in [6, 6.07) is 5.05. The van der Waals surface area contributed by atoms with Gasteiger partial charge in [-0.05, 0) is 18.7 Å². The molecule has 0 aromatic heterocycles. The number of hydrogen-bond acceptors (Lipinski definition) is 3. The van der Waals surface area contributed by atoms with Crippen molar-refractivity contribution in [3.63, 3.8) is 0 Å². The van der Waals surface area contributed by atoms with Gasteiger partial charge in [-0.2, -0.15) is 0 Å². The minimum absolute atomic E-state index is 0.0116. The normalized spacial score (nSPS) is 12.8. The molecule has 0 aliphatic heterocycles. The van der Waals surface area contributed by atoms with Crippen LogP contribution in [0.3, 0.4) is 0 Å². The summed E-state index contributed by atoms with van der Waals surface area (Å²) < 4.78 is 13.5. The third-order valence-corrected chi connectivity index (χ3v) is 3.24. The highest BCUT2D eigenvalue weighted by atomic mass is 32.2. The van der Waals surface area contributed by atoms with Gasteiger partial charge in [-0.25, -0.2) is 4.39 Å². The largest absolute Gasteiger partial charge is 0.395 e. The maximum atomic E-state index is 13.5. The molecule has 0 bridgehead atoms. The van der Waals surface area contributed by atoms with Crippen molar-refractivity contribution in [2.45, 2.75) is 23.6 Å². The highest BCUT2D eigenvalue weighted by molar-refractivity contribution is 8.00. The van der Waals surface area contributed by atoms with Gasteiger partial charge < -0.3 is 10.4 Å². The van der Waals surface area contributed by atoms with Gasteiger partial charge in [-0.1, -0.05) is 19.1 Å². The highest BCUT2D eigenvalue weighted by Crippen LogP contribution is 2.29. The fraction of sp³-hybridized carbons (Fsp3) is 0.455. The maximum Gasteiger partial charge on any atom is 0.137 e. The average Bonchev–Trinajstić information content (AvgIpc) is 2.23. The molecule has 0 spiro atoms. The zero-order valence-electron chi connectivity index (χ0n) is 8.96. The van der Waals surface area contributed by atoms with Crippen LogP contribution < -0.4 is 5.32 Å². The van der Waals surface area contributed by atoms with E-state index in [9.17, 15) is 4.39 Å². The van der Waals surface area contributed by atoms with Crippen molar-refractivity contribution in [2.24, 2.45) is 0 Å². The quantitative estimate of drug-likeness (QED) is 0.758. The molecule has 0 amide bonds. The number of halogens is 1. The number of rotatable bonds is 5. The molecule has 0 heterocycles. The van der Waals surface area contributed by atoms with Crippen LogP contribution in [0, 0.1) is 5.82 Å². The minimum atomic E-state index is -0.215. The second kappa shape index (κ2) is 6.10. The SMILES string of the molecule is CNCc1cccc(F)c1SC(C)CO. The van der Waals surface area contributed by atoms with Gasteiger partial charge in [-0.15, -0.1) is 11.8 Å². The first-order chi connectivity index (χ1) is 7.19. The summed E-state index contributed by atoms with van der Waals surface area (Å²) in [4.78, 5) is 0.633. The van der Waals surface area contributed by atoms with Gasteiger partial charge in [0.15, 0.2) is 0 Å². The Hall–Kier alpha value is -0.580. The number of hydrogen-bond donors (Lipinski definition) is 2. The zero-order chi connectivity index (χ0) is 11.3. The average molecular weight is 229 g/mol.